The van der Waals surface area contributed by atoms with Crippen molar-refractivity contribution in [2.45, 2.75) is 6.54 Å². The van der Waals surface area contributed by atoms with Gasteiger partial charge in [0.1, 0.15) is 10.9 Å². The van der Waals surface area contributed by atoms with Crippen LogP contribution >= 0.6 is 11.6 Å². The number of pyridine rings is 1. The van der Waals surface area contributed by atoms with Crippen molar-refractivity contribution >= 4 is 11.6 Å². The highest BCUT2D eigenvalue weighted by molar-refractivity contribution is 6.30. The maximum Gasteiger partial charge on any atom is 0.134 e. The van der Waals surface area contributed by atoms with E-state index in [9.17, 15) is 0 Å². The van der Waals surface area contributed by atoms with Crippen molar-refractivity contribution in [2.24, 2.45) is 5.73 Å². The Labute approximate surface area is 63.5 Å². The van der Waals surface area contributed by atoms with Crippen LogP contribution in [-0.4, -0.2) is 10.1 Å². The minimum absolute atomic E-state index is 0.0878. The Morgan fingerprint density at radius 1 is 1.70 bits per heavy atom. The van der Waals surface area contributed by atoms with Crippen molar-refractivity contribution in [1.29, 1.82) is 0 Å². The monoisotopic (exact) mass is 158 g/mol. The van der Waals surface area contributed by atoms with Crippen LogP contribution in [0.5, 0.6) is 5.75 Å². The highest BCUT2D eigenvalue weighted by atomic mass is 35.5. The zero-order valence-corrected chi connectivity index (χ0v) is 5.97. The first-order valence-electron chi connectivity index (χ1n) is 2.77. The Morgan fingerprint density at radius 2 is 2.40 bits per heavy atom. The summed E-state index contributed by atoms with van der Waals surface area (Å²) in [6.45, 7) is 0.292. The molecule has 0 saturated heterocycles. The summed E-state index contributed by atoms with van der Waals surface area (Å²) in [7, 11) is 0. The third kappa shape index (κ3) is 1.37. The lowest BCUT2D eigenvalue weighted by atomic mass is 10.3. The third-order valence-corrected chi connectivity index (χ3v) is 1.46. The topological polar surface area (TPSA) is 59.1 Å². The molecule has 0 amide bonds. The Bertz CT molecular complexity index is 239. The molecule has 0 aliphatic rings. The molecule has 0 fully saturated rings. The first-order chi connectivity index (χ1) is 4.74. The van der Waals surface area contributed by atoms with E-state index < -0.39 is 0 Å². The van der Waals surface area contributed by atoms with E-state index in [1.54, 1.807) is 0 Å². The van der Waals surface area contributed by atoms with Crippen molar-refractivity contribution in [3.63, 3.8) is 0 Å². The quantitative estimate of drug-likeness (QED) is 0.597. The molecule has 3 nitrogen and oxygen atoms in total. The van der Waals surface area contributed by atoms with Gasteiger partial charge in [-0.1, -0.05) is 11.6 Å². The molecule has 0 spiro atoms. The number of hydrogen-bond donors (Lipinski definition) is 2. The summed E-state index contributed by atoms with van der Waals surface area (Å²) in [6.07, 6.45) is 1.28. The van der Waals surface area contributed by atoms with Gasteiger partial charge in [-0.05, 0) is 6.07 Å². The molecule has 0 bridgehead atoms. The maximum atomic E-state index is 8.89. The molecule has 3 N–H and O–H groups in total. The van der Waals surface area contributed by atoms with Gasteiger partial charge in [0.05, 0.1) is 6.20 Å². The molecule has 0 aliphatic heterocycles. The lowest BCUT2D eigenvalue weighted by molar-refractivity contribution is 0.472. The summed E-state index contributed by atoms with van der Waals surface area (Å²) < 4.78 is 0. The van der Waals surface area contributed by atoms with E-state index in [0.717, 1.165) is 0 Å². The Hall–Kier alpha value is -0.800. The SMILES string of the molecule is NCc1cc(O)cnc1Cl. The second kappa shape index (κ2) is 2.86. The van der Waals surface area contributed by atoms with Crippen LogP contribution in [0, 0.1) is 0 Å². The average molecular weight is 159 g/mol. The second-order valence-corrected chi connectivity index (χ2v) is 2.21. The number of nitrogens with zero attached hydrogens (tertiary/aromatic N) is 1. The number of aromatic nitrogens is 1. The van der Waals surface area contributed by atoms with Gasteiger partial charge in [-0.25, -0.2) is 4.98 Å². The van der Waals surface area contributed by atoms with Crippen LogP contribution in [-0.2, 0) is 6.54 Å². The van der Waals surface area contributed by atoms with E-state index in [-0.39, 0.29) is 5.75 Å². The van der Waals surface area contributed by atoms with Crippen molar-refractivity contribution in [2.75, 3.05) is 0 Å². The summed E-state index contributed by atoms with van der Waals surface area (Å²) in [5.74, 6) is 0.0878. The predicted molar refractivity (Wildman–Crippen MR) is 38.8 cm³/mol. The van der Waals surface area contributed by atoms with Gasteiger partial charge < -0.3 is 10.8 Å². The predicted octanol–water partition coefficient (Wildman–Crippen LogP) is 0.899. The van der Waals surface area contributed by atoms with Gasteiger partial charge in [0, 0.05) is 12.1 Å². The zero-order chi connectivity index (χ0) is 7.56. The molecular formula is C6H7ClN2O. The number of hydrogen-bond acceptors (Lipinski definition) is 3. The van der Waals surface area contributed by atoms with E-state index in [1.165, 1.54) is 12.3 Å². The fourth-order valence-corrected chi connectivity index (χ4v) is 0.805. The van der Waals surface area contributed by atoms with Gasteiger partial charge in [-0.15, -0.1) is 0 Å². The molecule has 0 unspecified atom stereocenters. The van der Waals surface area contributed by atoms with Gasteiger partial charge in [0.2, 0.25) is 0 Å². The van der Waals surface area contributed by atoms with E-state index in [0.29, 0.717) is 17.3 Å². The van der Waals surface area contributed by atoms with Gasteiger partial charge in [-0.2, -0.15) is 0 Å². The highest BCUT2D eigenvalue weighted by Gasteiger charge is 1.98. The number of nitrogens with two attached hydrogens (primary N) is 1. The van der Waals surface area contributed by atoms with Gasteiger partial charge in [0.15, 0.2) is 0 Å². The molecule has 10 heavy (non-hydrogen) atoms. The normalized spacial score (nSPS) is 9.80. The van der Waals surface area contributed by atoms with Crippen molar-refractivity contribution in [1.82, 2.24) is 4.98 Å². The minimum Gasteiger partial charge on any atom is -0.506 e. The van der Waals surface area contributed by atoms with Crippen LogP contribution in [0.1, 0.15) is 5.56 Å². The summed E-state index contributed by atoms with van der Waals surface area (Å²) in [4.78, 5) is 3.68. The molecule has 1 aromatic heterocycles. The molecule has 4 heteroatoms. The van der Waals surface area contributed by atoms with Crippen LogP contribution < -0.4 is 5.73 Å². The minimum atomic E-state index is 0.0878. The summed E-state index contributed by atoms with van der Waals surface area (Å²) in [5, 5.41) is 9.24. The molecule has 54 valence electrons. The van der Waals surface area contributed by atoms with Crippen molar-refractivity contribution in [3.05, 3.63) is 23.0 Å². The first-order valence-corrected chi connectivity index (χ1v) is 3.15. The summed E-state index contributed by atoms with van der Waals surface area (Å²) in [6, 6.07) is 1.50. The molecule has 0 aromatic carbocycles. The molecule has 0 atom stereocenters. The van der Waals surface area contributed by atoms with Crippen molar-refractivity contribution in [3.8, 4) is 5.75 Å². The number of aromatic hydroxyl groups is 1. The van der Waals surface area contributed by atoms with E-state index >= 15 is 0 Å². The largest absolute Gasteiger partial charge is 0.506 e. The molecule has 0 radical (unpaired) electrons. The lowest BCUT2D eigenvalue weighted by Gasteiger charge is -1.98. The van der Waals surface area contributed by atoms with Crippen LogP contribution in [0.15, 0.2) is 12.3 Å². The summed E-state index contributed by atoms with van der Waals surface area (Å²) >= 11 is 5.59. The standard InChI is InChI=1S/C6H7ClN2O/c7-6-4(2-8)1-5(10)3-9-6/h1,3,10H,2,8H2. The summed E-state index contributed by atoms with van der Waals surface area (Å²) in [5.41, 5.74) is 5.94. The fourth-order valence-electron chi connectivity index (χ4n) is 0.624. The van der Waals surface area contributed by atoms with Crippen LogP contribution in [0.25, 0.3) is 0 Å². The Morgan fingerprint density at radius 3 is 2.90 bits per heavy atom. The van der Waals surface area contributed by atoms with Gasteiger partial charge in [-0.3, -0.25) is 0 Å². The molecule has 1 aromatic rings. The van der Waals surface area contributed by atoms with Crippen LogP contribution in [0.3, 0.4) is 0 Å². The number of rotatable bonds is 1. The second-order valence-electron chi connectivity index (χ2n) is 1.85. The first kappa shape index (κ1) is 7.31. The van der Waals surface area contributed by atoms with Crippen molar-refractivity contribution < 1.29 is 5.11 Å². The van der Waals surface area contributed by atoms with Crippen LogP contribution in [0.4, 0.5) is 0 Å². The fraction of sp³-hybridized carbons (Fsp3) is 0.167. The Kier molecular flexibility index (Phi) is 2.09. The molecule has 0 saturated carbocycles. The lowest BCUT2D eigenvalue weighted by Crippen LogP contribution is -1.97. The zero-order valence-electron chi connectivity index (χ0n) is 5.21. The van der Waals surface area contributed by atoms with E-state index in [4.69, 9.17) is 22.4 Å². The molecule has 0 aliphatic carbocycles. The van der Waals surface area contributed by atoms with E-state index in [1.807, 2.05) is 0 Å². The maximum absolute atomic E-state index is 8.89. The number of halogens is 1. The molecular weight excluding hydrogens is 152 g/mol. The smallest absolute Gasteiger partial charge is 0.134 e. The molecule has 1 rings (SSSR count). The van der Waals surface area contributed by atoms with Crippen LogP contribution in [0.2, 0.25) is 5.15 Å². The van der Waals surface area contributed by atoms with E-state index in [2.05, 4.69) is 4.98 Å². The van der Waals surface area contributed by atoms with Gasteiger partial charge in [0.25, 0.3) is 0 Å². The average Bonchev–Trinajstić information content (AvgIpc) is 1.94. The Balaban J connectivity index is 3.09. The third-order valence-electron chi connectivity index (χ3n) is 1.12. The highest BCUT2D eigenvalue weighted by Crippen LogP contribution is 2.16. The molecule has 1 heterocycles. The van der Waals surface area contributed by atoms with Gasteiger partial charge >= 0.3 is 0 Å².